The number of benzene rings is 2. The van der Waals surface area contributed by atoms with Gasteiger partial charge in [-0.25, -0.2) is 0 Å². The summed E-state index contributed by atoms with van der Waals surface area (Å²) in [5.41, 5.74) is 8.20. The van der Waals surface area contributed by atoms with E-state index in [1.807, 2.05) is 12.1 Å². The zero-order valence-electron chi connectivity index (χ0n) is 11.3. The smallest absolute Gasteiger partial charge is 0.326 e. The molecule has 122 valence electrons. The minimum atomic E-state index is -5.84. The van der Waals surface area contributed by atoms with E-state index in [4.69, 9.17) is 24.4 Å². The van der Waals surface area contributed by atoms with Crippen molar-refractivity contribution < 1.29 is 26.1 Å². The topological polar surface area (TPSA) is 106 Å². The highest BCUT2D eigenvalue weighted by atomic mass is 32.2. The van der Waals surface area contributed by atoms with Crippen molar-refractivity contribution in [2.24, 2.45) is 11.5 Å². The van der Waals surface area contributed by atoms with Crippen LogP contribution in [0.4, 0.5) is 13.2 Å². The fourth-order valence-electron chi connectivity index (χ4n) is 1.84. The van der Waals surface area contributed by atoms with E-state index in [0.717, 1.165) is 0 Å². The molecule has 0 atom stereocenters. The van der Waals surface area contributed by atoms with Crippen molar-refractivity contribution in [3.8, 4) is 0 Å². The Morgan fingerprint density at radius 1 is 0.955 bits per heavy atom. The molecule has 2 aromatic carbocycles. The van der Waals surface area contributed by atoms with Crippen LogP contribution in [0, 0.1) is 0 Å². The lowest BCUT2D eigenvalue weighted by molar-refractivity contribution is -0.0510. The van der Waals surface area contributed by atoms with Crippen molar-refractivity contribution >= 4 is 20.9 Å². The van der Waals surface area contributed by atoms with E-state index < -0.39 is 15.6 Å². The predicted octanol–water partition coefficient (Wildman–Crippen LogP) is 2.15. The average molecular weight is 336 g/mol. The van der Waals surface area contributed by atoms with Gasteiger partial charge in [0.1, 0.15) is 0 Å². The number of alkyl halides is 3. The third-order valence-electron chi connectivity index (χ3n) is 2.81. The van der Waals surface area contributed by atoms with Gasteiger partial charge >= 0.3 is 15.6 Å². The average Bonchev–Trinajstić information content (AvgIpc) is 2.44. The summed E-state index contributed by atoms with van der Waals surface area (Å²) in [7, 11) is -5.84. The molecule has 0 fully saturated rings. The van der Waals surface area contributed by atoms with E-state index >= 15 is 0 Å². The summed E-state index contributed by atoms with van der Waals surface area (Å²) in [6, 6.07) is 12.4. The second-order valence-electron chi connectivity index (χ2n) is 4.26. The first-order valence-electron chi connectivity index (χ1n) is 6.05. The molecular formula is C13H15F3N2O3S. The molecule has 0 aromatic heterocycles. The van der Waals surface area contributed by atoms with E-state index in [-0.39, 0.29) is 0 Å². The van der Waals surface area contributed by atoms with E-state index in [0.29, 0.717) is 13.1 Å². The SMILES string of the molecule is NCc1cccc2cccc(CN)c12.O=S(=O)(O)C(F)(F)F. The molecule has 0 bridgehead atoms. The third-order valence-corrected chi connectivity index (χ3v) is 3.39. The molecule has 9 heteroatoms. The van der Waals surface area contributed by atoms with E-state index in [1.54, 1.807) is 0 Å². The molecular weight excluding hydrogens is 321 g/mol. The molecule has 0 spiro atoms. The van der Waals surface area contributed by atoms with Crippen LogP contribution >= 0.6 is 0 Å². The molecule has 2 rings (SSSR count). The Morgan fingerprint density at radius 2 is 1.32 bits per heavy atom. The van der Waals surface area contributed by atoms with Crippen LogP contribution in [0.25, 0.3) is 10.8 Å². The molecule has 5 nitrogen and oxygen atoms in total. The molecule has 0 radical (unpaired) electrons. The van der Waals surface area contributed by atoms with Crippen LogP contribution < -0.4 is 11.5 Å². The number of halogens is 3. The van der Waals surface area contributed by atoms with Crippen molar-refractivity contribution in [1.82, 2.24) is 0 Å². The predicted molar refractivity (Wildman–Crippen MR) is 77.3 cm³/mol. The first-order valence-corrected chi connectivity index (χ1v) is 7.49. The van der Waals surface area contributed by atoms with Gasteiger partial charge in [-0.05, 0) is 21.9 Å². The number of hydrogen-bond acceptors (Lipinski definition) is 4. The largest absolute Gasteiger partial charge is 0.522 e. The minimum absolute atomic E-state index is 0.564. The molecule has 0 saturated heterocycles. The zero-order chi connectivity index (χ0) is 17.0. The van der Waals surface area contributed by atoms with Crippen molar-refractivity contribution in [2.75, 3.05) is 0 Å². The van der Waals surface area contributed by atoms with Gasteiger partial charge in [0, 0.05) is 13.1 Å². The third kappa shape index (κ3) is 4.41. The Balaban J connectivity index is 0.000000261. The van der Waals surface area contributed by atoms with Gasteiger partial charge in [-0.3, -0.25) is 4.55 Å². The zero-order valence-corrected chi connectivity index (χ0v) is 12.2. The lowest BCUT2D eigenvalue weighted by atomic mass is 9.99. The minimum Gasteiger partial charge on any atom is -0.326 e. The monoisotopic (exact) mass is 336 g/mol. The molecule has 0 unspecified atom stereocenters. The maximum absolute atomic E-state index is 10.7. The standard InChI is InChI=1S/C12H14N2.CHF3O3S/c13-7-10-5-1-3-9-4-2-6-11(8-14)12(9)10;2-1(3,4)8(5,6)7/h1-6H,7-8,13-14H2;(H,5,6,7). The number of hydrogen-bond donors (Lipinski definition) is 3. The molecule has 0 aliphatic carbocycles. The second-order valence-corrected chi connectivity index (χ2v) is 5.67. The molecule has 0 aliphatic rings. The Hall–Kier alpha value is -1.68. The normalized spacial score (nSPS) is 11.9. The summed E-state index contributed by atoms with van der Waals surface area (Å²) in [4.78, 5) is 0. The Bertz CT molecular complexity index is 707. The lowest BCUT2D eigenvalue weighted by Crippen LogP contribution is -2.21. The van der Waals surface area contributed by atoms with Crippen molar-refractivity contribution in [2.45, 2.75) is 18.6 Å². The molecule has 0 amide bonds. The molecule has 5 N–H and O–H groups in total. The second kappa shape index (κ2) is 7.05. The molecule has 0 heterocycles. The Labute approximate surface area is 125 Å². The summed E-state index contributed by atoms with van der Waals surface area (Å²) in [6.45, 7) is 1.13. The lowest BCUT2D eigenvalue weighted by Gasteiger charge is -2.08. The molecule has 22 heavy (non-hydrogen) atoms. The molecule has 0 saturated carbocycles. The number of nitrogens with two attached hydrogens (primary N) is 2. The van der Waals surface area contributed by atoms with Crippen LogP contribution in [0.1, 0.15) is 11.1 Å². The summed E-state index contributed by atoms with van der Waals surface area (Å²) in [5, 5.41) is 2.44. The van der Waals surface area contributed by atoms with Crippen LogP contribution in [0.15, 0.2) is 36.4 Å². The van der Waals surface area contributed by atoms with Crippen LogP contribution in [0.5, 0.6) is 0 Å². The Kier molecular flexibility index (Phi) is 5.89. The van der Waals surface area contributed by atoms with Crippen molar-refractivity contribution in [1.29, 1.82) is 0 Å². The summed E-state index contributed by atoms with van der Waals surface area (Å²) in [5.74, 6) is 0. The van der Waals surface area contributed by atoms with Crippen LogP contribution in [-0.2, 0) is 23.2 Å². The Morgan fingerprint density at radius 3 is 1.59 bits per heavy atom. The number of fused-ring (bicyclic) bond motifs is 1. The maximum atomic E-state index is 10.7. The highest BCUT2D eigenvalue weighted by molar-refractivity contribution is 7.86. The summed E-state index contributed by atoms with van der Waals surface area (Å²) < 4.78 is 57.5. The fourth-order valence-corrected chi connectivity index (χ4v) is 1.84. The van der Waals surface area contributed by atoms with Gasteiger partial charge in [-0.15, -0.1) is 0 Å². The maximum Gasteiger partial charge on any atom is 0.522 e. The number of rotatable bonds is 2. The summed E-state index contributed by atoms with van der Waals surface area (Å²) in [6.07, 6.45) is 0. The van der Waals surface area contributed by atoms with Crippen molar-refractivity contribution in [3.05, 3.63) is 47.5 Å². The van der Waals surface area contributed by atoms with Crippen LogP contribution in [-0.4, -0.2) is 18.5 Å². The quantitative estimate of drug-likeness (QED) is 0.575. The highest BCUT2D eigenvalue weighted by Crippen LogP contribution is 2.22. The molecule has 2 aromatic rings. The van der Waals surface area contributed by atoms with Crippen LogP contribution in [0.3, 0.4) is 0 Å². The van der Waals surface area contributed by atoms with Gasteiger partial charge < -0.3 is 11.5 Å². The fraction of sp³-hybridized carbons (Fsp3) is 0.231. The van der Waals surface area contributed by atoms with Gasteiger partial charge in [0.15, 0.2) is 0 Å². The van der Waals surface area contributed by atoms with Crippen LogP contribution in [0.2, 0.25) is 0 Å². The first kappa shape index (κ1) is 18.4. The summed E-state index contributed by atoms with van der Waals surface area (Å²) >= 11 is 0. The van der Waals surface area contributed by atoms with Gasteiger partial charge in [-0.2, -0.15) is 21.6 Å². The van der Waals surface area contributed by atoms with Crippen molar-refractivity contribution in [3.63, 3.8) is 0 Å². The van der Waals surface area contributed by atoms with Gasteiger partial charge in [0.25, 0.3) is 0 Å². The molecule has 0 aliphatic heterocycles. The van der Waals surface area contributed by atoms with E-state index in [1.165, 1.54) is 21.9 Å². The van der Waals surface area contributed by atoms with Gasteiger partial charge in [0.05, 0.1) is 0 Å². The highest BCUT2D eigenvalue weighted by Gasteiger charge is 2.44. The van der Waals surface area contributed by atoms with E-state index in [9.17, 15) is 13.2 Å². The first-order chi connectivity index (χ1) is 10.1. The van der Waals surface area contributed by atoms with Gasteiger partial charge in [-0.1, -0.05) is 36.4 Å². The van der Waals surface area contributed by atoms with Gasteiger partial charge in [0.2, 0.25) is 0 Å². The van der Waals surface area contributed by atoms with E-state index in [2.05, 4.69) is 24.3 Å².